The number of anilines is 1. The molecule has 0 aliphatic carbocycles. The number of amides is 1. The van der Waals surface area contributed by atoms with E-state index in [9.17, 15) is 4.79 Å². The van der Waals surface area contributed by atoms with Gasteiger partial charge in [-0.1, -0.05) is 41.0 Å². The van der Waals surface area contributed by atoms with Crippen LogP contribution in [0.25, 0.3) is 0 Å². The highest BCUT2D eigenvalue weighted by molar-refractivity contribution is 6.30. The van der Waals surface area contributed by atoms with Gasteiger partial charge in [0.2, 0.25) is 5.95 Å². The van der Waals surface area contributed by atoms with Crippen LogP contribution in [-0.4, -0.2) is 25.8 Å². The van der Waals surface area contributed by atoms with Gasteiger partial charge in [0.05, 0.1) is 12.1 Å². The lowest BCUT2D eigenvalue weighted by atomic mass is 10.2. The van der Waals surface area contributed by atoms with Gasteiger partial charge in [-0.3, -0.25) is 10.1 Å². The normalized spacial score (nSPS) is 10.8. The van der Waals surface area contributed by atoms with E-state index in [2.05, 4.69) is 20.6 Å². The highest BCUT2D eigenvalue weighted by atomic mass is 35.5. The summed E-state index contributed by atoms with van der Waals surface area (Å²) in [6.45, 7) is 4.34. The molecule has 1 amide bonds. The molecule has 0 fully saturated rings. The predicted molar refractivity (Wildman–Crippen MR) is 115 cm³/mol. The average molecular weight is 438 g/mol. The number of carbonyl (C=O) groups is 1. The van der Waals surface area contributed by atoms with E-state index < -0.39 is 5.91 Å². The zero-order valence-electron chi connectivity index (χ0n) is 17.0. The number of hydrogen-bond acceptors (Lipinski definition) is 6. The first-order valence-electron chi connectivity index (χ1n) is 9.58. The van der Waals surface area contributed by atoms with Gasteiger partial charge in [-0.2, -0.15) is 0 Å². The minimum atomic E-state index is -0.472. The van der Waals surface area contributed by atoms with Gasteiger partial charge >= 0.3 is 0 Å². The Labute approximate surface area is 183 Å². The van der Waals surface area contributed by atoms with E-state index in [-0.39, 0.29) is 18.2 Å². The monoisotopic (exact) mass is 437 g/mol. The average Bonchev–Trinajstić information content (AvgIpc) is 3.32. The Morgan fingerprint density at radius 3 is 2.84 bits per heavy atom. The van der Waals surface area contributed by atoms with E-state index >= 15 is 0 Å². The molecule has 0 saturated heterocycles. The van der Waals surface area contributed by atoms with Crippen molar-refractivity contribution in [2.45, 2.75) is 27.0 Å². The zero-order chi connectivity index (χ0) is 21.8. The van der Waals surface area contributed by atoms with Crippen molar-refractivity contribution in [3.8, 4) is 5.75 Å². The molecule has 9 heteroatoms. The molecule has 2 aromatic heterocycles. The molecule has 31 heavy (non-hydrogen) atoms. The van der Waals surface area contributed by atoms with Crippen LogP contribution in [-0.2, 0) is 13.2 Å². The second-order valence-electron chi connectivity index (χ2n) is 7.02. The van der Waals surface area contributed by atoms with E-state index in [0.717, 1.165) is 11.1 Å². The number of rotatable bonds is 7. The van der Waals surface area contributed by atoms with Crippen molar-refractivity contribution in [1.82, 2.24) is 19.9 Å². The lowest BCUT2D eigenvalue weighted by molar-refractivity contribution is 0.101. The molecule has 158 valence electrons. The second-order valence-corrected chi connectivity index (χ2v) is 7.46. The maximum Gasteiger partial charge on any atom is 0.280 e. The largest absolute Gasteiger partial charge is 0.489 e. The highest BCUT2D eigenvalue weighted by Crippen LogP contribution is 2.19. The quantitative estimate of drug-likeness (QED) is 0.460. The molecule has 2 heterocycles. The molecule has 0 atom stereocenters. The lowest BCUT2D eigenvalue weighted by Crippen LogP contribution is -2.16. The van der Waals surface area contributed by atoms with Crippen LogP contribution in [0.3, 0.4) is 0 Å². The highest BCUT2D eigenvalue weighted by Gasteiger charge is 2.21. The van der Waals surface area contributed by atoms with Crippen molar-refractivity contribution in [2.24, 2.45) is 0 Å². The second kappa shape index (κ2) is 9.01. The van der Waals surface area contributed by atoms with Gasteiger partial charge in [-0.15, -0.1) is 5.10 Å². The Morgan fingerprint density at radius 2 is 2.03 bits per heavy atom. The molecule has 1 N–H and O–H groups in total. The first kappa shape index (κ1) is 20.6. The van der Waals surface area contributed by atoms with Crippen LogP contribution in [0, 0.1) is 13.8 Å². The van der Waals surface area contributed by atoms with Crippen molar-refractivity contribution in [3.05, 3.63) is 88.0 Å². The molecular weight excluding hydrogens is 418 g/mol. The molecule has 0 bridgehead atoms. The number of benzene rings is 2. The number of aromatic nitrogens is 4. The predicted octanol–water partition coefficient (Wildman–Crippen LogP) is 4.42. The molecule has 0 saturated carbocycles. The topological polar surface area (TPSA) is 95.1 Å². The fourth-order valence-corrected chi connectivity index (χ4v) is 3.22. The molecule has 0 aliphatic heterocycles. The molecule has 0 spiro atoms. The minimum Gasteiger partial charge on any atom is -0.489 e. The third-order valence-corrected chi connectivity index (χ3v) is 4.80. The van der Waals surface area contributed by atoms with Crippen molar-refractivity contribution in [2.75, 3.05) is 5.32 Å². The lowest BCUT2D eigenvalue weighted by Gasteiger charge is -2.07. The Hall–Kier alpha value is -3.65. The molecule has 8 nitrogen and oxygen atoms in total. The molecule has 0 radical (unpaired) electrons. The number of aryl methyl sites for hydroxylation is 2. The summed E-state index contributed by atoms with van der Waals surface area (Å²) in [5.74, 6) is 0.907. The van der Waals surface area contributed by atoms with Gasteiger partial charge in [0, 0.05) is 5.02 Å². The number of halogens is 1. The first-order valence-corrected chi connectivity index (χ1v) is 9.95. The van der Waals surface area contributed by atoms with Crippen LogP contribution < -0.4 is 10.1 Å². The fourth-order valence-electron chi connectivity index (χ4n) is 3.01. The van der Waals surface area contributed by atoms with Crippen molar-refractivity contribution in [3.63, 3.8) is 0 Å². The van der Waals surface area contributed by atoms with E-state index in [1.54, 1.807) is 17.7 Å². The van der Waals surface area contributed by atoms with Crippen LogP contribution >= 0.6 is 11.6 Å². The summed E-state index contributed by atoms with van der Waals surface area (Å²) in [5.41, 5.74) is 2.75. The van der Waals surface area contributed by atoms with Gasteiger partial charge < -0.3 is 9.26 Å². The first-order chi connectivity index (χ1) is 15.0. The standard InChI is InChI=1S/C22H20ClN5O3/c1-14-5-3-8-18(9-14)30-12-19-15(2)31-27-20(19)21(29)25-22-24-13-28(26-22)11-16-6-4-7-17(23)10-16/h3-10,13H,11-12H2,1-2H3,(H,25,26,29). The van der Waals surface area contributed by atoms with Gasteiger partial charge in [0.15, 0.2) is 5.69 Å². The van der Waals surface area contributed by atoms with Crippen LogP contribution in [0.5, 0.6) is 5.75 Å². The molecule has 4 rings (SSSR count). The van der Waals surface area contributed by atoms with Gasteiger partial charge in [0.1, 0.15) is 24.4 Å². The van der Waals surface area contributed by atoms with Crippen molar-refractivity contribution in [1.29, 1.82) is 0 Å². The number of hydrogen-bond donors (Lipinski definition) is 1. The van der Waals surface area contributed by atoms with Gasteiger partial charge in [-0.25, -0.2) is 9.67 Å². The number of nitrogens with zero attached hydrogens (tertiary/aromatic N) is 4. The third kappa shape index (κ3) is 5.10. The summed E-state index contributed by atoms with van der Waals surface area (Å²) in [4.78, 5) is 16.9. The summed E-state index contributed by atoms with van der Waals surface area (Å²) in [7, 11) is 0. The maximum absolute atomic E-state index is 12.7. The van der Waals surface area contributed by atoms with Crippen LogP contribution in [0.15, 0.2) is 59.4 Å². The molecule has 2 aromatic carbocycles. The van der Waals surface area contributed by atoms with Crippen LogP contribution in [0.1, 0.15) is 32.9 Å². The summed E-state index contributed by atoms with van der Waals surface area (Å²) in [6, 6.07) is 15.1. The number of nitrogens with one attached hydrogen (secondary N) is 1. The zero-order valence-corrected chi connectivity index (χ0v) is 17.8. The van der Waals surface area contributed by atoms with Crippen molar-refractivity contribution >= 4 is 23.5 Å². The number of ether oxygens (including phenoxy) is 1. The van der Waals surface area contributed by atoms with Crippen molar-refractivity contribution < 1.29 is 14.1 Å². The maximum atomic E-state index is 12.7. The van der Waals surface area contributed by atoms with Crippen LogP contribution in [0.4, 0.5) is 5.95 Å². The smallest absolute Gasteiger partial charge is 0.280 e. The Kier molecular flexibility index (Phi) is 5.99. The SMILES string of the molecule is Cc1cccc(OCc2c(C(=O)Nc3ncn(Cc4cccc(Cl)c4)n3)noc2C)c1. The molecule has 0 aliphatic rings. The minimum absolute atomic E-state index is 0.136. The Morgan fingerprint density at radius 1 is 1.19 bits per heavy atom. The van der Waals surface area contributed by atoms with E-state index in [1.165, 1.54) is 6.33 Å². The van der Waals surface area contributed by atoms with E-state index in [1.807, 2.05) is 49.4 Å². The summed E-state index contributed by atoms with van der Waals surface area (Å²) in [6.07, 6.45) is 1.53. The summed E-state index contributed by atoms with van der Waals surface area (Å²) >= 11 is 6.01. The van der Waals surface area contributed by atoms with Crippen LogP contribution in [0.2, 0.25) is 5.02 Å². The summed E-state index contributed by atoms with van der Waals surface area (Å²) in [5, 5.41) is 11.5. The third-order valence-electron chi connectivity index (χ3n) is 4.57. The van der Waals surface area contributed by atoms with E-state index in [0.29, 0.717) is 28.6 Å². The molecular formula is C22H20ClN5O3. The summed E-state index contributed by atoms with van der Waals surface area (Å²) < 4.78 is 12.6. The molecule has 4 aromatic rings. The van der Waals surface area contributed by atoms with Gasteiger partial charge in [0.25, 0.3) is 5.91 Å². The molecule has 0 unspecified atom stereocenters. The fraction of sp³-hybridized carbons (Fsp3) is 0.182. The number of carbonyl (C=O) groups excluding carboxylic acids is 1. The van der Waals surface area contributed by atoms with Gasteiger partial charge in [-0.05, 0) is 49.2 Å². The Bertz CT molecular complexity index is 1220. The Balaban J connectivity index is 1.43. The van der Waals surface area contributed by atoms with E-state index in [4.69, 9.17) is 20.9 Å².